The number of benzene rings is 1. The molecule has 7 heteroatoms. The van der Waals surface area contributed by atoms with Crippen molar-refractivity contribution in [3.8, 4) is 0 Å². The Morgan fingerprint density at radius 3 is 2.81 bits per heavy atom. The molecule has 2 aromatic heterocycles. The molecule has 21 heavy (non-hydrogen) atoms. The number of sulfone groups is 1. The van der Waals surface area contributed by atoms with Crippen LogP contribution in [0.3, 0.4) is 0 Å². The van der Waals surface area contributed by atoms with Gasteiger partial charge in [0.15, 0.2) is 0 Å². The standard InChI is InChI=1S/C14H13N3O2S2/c15-10-4-5-12-13(9-10)20-14(17-12)21(18,19)8-6-11-3-1-2-7-16-11/h1-5,7,9H,6,8,15H2. The number of rotatable bonds is 4. The van der Waals surface area contributed by atoms with E-state index in [2.05, 4.69) is 9.97 Å². The Labute approximate surface area is 126 Å². The molecule has 0 saturated heterocycles. The molecule has 0 saturated carbocycles. The van der Waals surface area contributed by atoms with E-state index < -0.39 is 9.84 Å². The highest BCUT2D eigenvalue weighted by Crippen LogP contribution is 2.27. The molecule has 0 fully saturated rings. The van der Waals surface area contributed by atoms with E-state index in [0.29, 0.717) is 17.6 Å². The van der Waals surface area contributed by atoms with Crippen LogP contribution in [0.15, 0.2) is 46.9 Å². The molecule has 0 atom stereocenters. The summed E-state index contributed by atoms with van der Waals surface area (Å²) in [6.07, 6.45) is 2.03. The highest BCUT2D eigenvalue weighted by Gasteiger charge is 2.20. The molecule has 0 aliphatic heterocycles. The molecule has 2 heterocycles. The van der Waals surface area contributed by atoms with Crippen LogP contribution in [0.2, 0.25) is 0 Å². The van der Waals surface area contributed by atoms with Gasteiger partial charge in [-0.2, -0.15) is 0 Å². The molecule has 5 nitrogen and oxygen atoms in total. The maximum atomic E-state index is 12.3. The third kappa shape index (κ3) is 3.03. The molecule has 2 N–H and O–H groups in total. The normalized spacial score (nSPS) is 11.8. The van der Waals surface area contributed by atoms with Gasteiger partial charge in [0.05, 0.1) is 16.0 Å². The number of anilines is 1. The van der Waals surface area contributed by atoms with Gasteiger partial charge in [-0.05, 0) is 30.3 Å². The average molecular weight is 319 g/mol. The first-order valence-electron chi connectivity index (χ1n) is 6.33. The molecule has 0 radical (unpaired) electrons. The van der Waals surface area contributed by atoms with E-state index in [1.54, 1.807) is 30.5 Å². The lowest BCUT2D eigenvalue weighted by Gasteiger charge is -2.00. The van der Waals surface area contributed by atoms with E-state index in [0.717, 1.165) is 21.7 Å². The third-order valence-electron chi connectivity index (χ3n) is 3.01. The number of aromatic nitrogens is 2. The predicted octanol–water partition coefficient (Wildman–Crippen LogP) is 2.29. The fourth-order valence-electron chi connectivity index (χ4n) is 1.93. The number of pyridine rings is 1. The van der Waals surface area contributed by atoms with Crippen LogP contribution in [0.25, 0.3) is 10.2 Å². The number of hydrogen-bond donors (Lipinski definition) is 1. The zero-order valence-electron chi connectivity index (χ0n) is 11.1. The minimum Gasteiger partial charge on any atom is -0.399 e. The molecule has 108 valence electrons. The van der Waals surface area contributed by atoms with Crippen LogP contribution in [-0.2, 0) is 16.3 Å². The second-order valence-corrected chi connectivity index (χ2v) is 7.91. The Kier molecular flexibility index (Phi) is 3.60. The molecule has 0 unspecified atom stereocenters. The van der Waals surface area contributed by atoms with Crippen LogP contribution in [-0.4, -0.2) is 24.1 Å². The minimum atomic E-state index is -3.41. The second kappa shape index (κ2) is 5.42. The summed E-state index contributed by atoms with van der Waals surface area (Å²) >= 11 is 1.15. The van der Waals surface area contributed by atoms with Gasteiger partial charge in [0.1, 0.15) is 0 Å². The number of hydrogen-bond acceptors (Lipinski definition) is 6. The Morgan fingerprint density at radius 1 is 1.19 bits per heavy atom. The van der Waals surface area contributed by atoms with Crippen molar-refractivity contribution in [1.29, 1.82) is 0 Å². The summed E-state index contributed by atoms with van der Waals surface area (Å²) in [7, 11) is -3.41. The van der Waals surface area contributed by atoms with Crippen molar-refractivity contribution < 1.29 is 8.42 Å². The average Bonchev–Trinajstić information content (AvgIpc) is 2.90. The van der Waals surface area contributed by atoms with Crippen molar-refractivity contribution in [2.45, 2.75) is 10.8 Å². The number of aryl methyl sites for hydroxylation is 1. The Morgan fingerprint density at radius 2 is 2.05 bits per heavy atom. The van der Waals surface area contributed by atoms with Crippen molar-refractivity contribution in [2.24, 2.45) is 0 Å². The van der Waals surface area contributed by atoms with E-state index in [9.17, 15) is 8.42 Å². The van der Waals surface area contributed by atoms with Gasteiger partial charge in [-0.25, -0.2) is 13.4 Å². The topological polar surface area (TPSA) is 85.9 Å². The largest absolute Gasteiger partial charge is 0.399 e. The molecule has 1 aromatic carbocycles. The van der Waals surface area contributed by atoms with Gasteiger partial charge in [0, 0.05) is 24.0 Å². The first-order chi connectivity index (χ1) is 10.0. The molecule has 0 aliphatic rings. The first kappa shape index (κ1) is 14.0. The number of nitrogens with two attached hydrogens (primary N) is 1. The summed E-state index contributed by atoms with van der Waals surface area (Å²) in [5.74, 6) is -0.000677. The summed E-state index contributed by atoms with van der Waals surface area (Å²) in [6.45, 7) is 0. The van der Waals surface area contributed by atoms with Gasteiger partial charge in [0.25, 0.3) is 0 Å². The lowest BCUT2D eigenvalue weighted by molar-refractivity contribution is 0.594. The summed E-state index contributed by atoms with van der Waals surface area (Å²) < 4.78 is 25.6. The van der Waals surface area contributed by atoms with Crippen LogP contribution >= 0.6 is 11.3 Å². The summed E-state index contributed by atoms with van der Waals surface area (Å²) in [4.78, 5) is 8.32. The highest BCUT2D eigenvalue weighted by atomic mass is 32.2. The molecule has 0 amide bonds. The van der Waals surface area contributed by atoms with Crippen LogP contribution in [0.1, 0.15) is 5.69 Å². The lowest BCUT2D eigenvalue weighted by atomic mass is 10.3. The van der Waals surface area contributed by atoms with E-state index in [4.69, 9.17) is 5.73 Å². The Hall–Kier alpha value is -1.99. The van der Waals surface area contributed by atoms with Crippen molar-refractivity contribution in [2.75, 3.05) is 11.5 Å². The Balaban J connectivity index is 1.86. The third-order valence-corrected chi connectivity index (χ3v) is 6.20. The quantitative estimate of drug-likeness (QED) is 0.746. The second-order valence-electron chi connectivity index (χ2n) is 4.60. The number of fused-ring (bicyclic) bond motifs is 1. The van der Waals surface area contributed by atoms with Gasteiger partial charge >= 0.3 is 0 Å². The van der Waals surface area contributed by atoms with Crippen molar-refractivity contribution in [3.63, 3.8) is 0 Å². The fourth-order valence-corrected chi connectivity index (χ4v) is 4.59. The van der Waals surface area contributed by atoms with Crippen LogP contribution in [0.4, 0.5) is 5.69 Å². The minimum absolute atomic E-state index is 0.000677. The zero-order valence-corrected chi connectivity index (χ0v) is 12.7. The van der Waals surface area contributed by atoms with Crippen molar-refractivity contribution >= 4 is 37.1 Å². The van der Waals surface area contributed by atoms with Crippen LogP contribution < -0.4 is 5.73 Å². The summed E-state index contributed by atoms with van der Waals surface area (Å²) in [6, 6.07) is 10.6. The predicted molar refractivity (Wildman–Crippen MR) is 84.0 cm³/mol. The van der Waals surface area contributed by atoms with Crippen LogP contribution in [0, 0.1) is 0 Å². The molecule has 0 aliphatic carbocycles. The smallest absolute Gasteiger partial charge is 0.210 e. The molecular weight excluding hydrogens is 306 g/mol. The lowest BCUT2D eigenvalue weighted by Crippen LogP contribution is -2.09. The molecule has 0 bridgehead atoms. The Bertz CT molecular complexity index is 874. The molecule has 0 spiro atoms. The van der Waals surface area contributed by atoms with Gasteiger partial charge in [0.2, 0.25) is 14.2 Å². The maximum Gasteiger partial charge on any atom is 0.210 e. The first-order valence-corrected chi connectivity index (χ1v) is 8.80. The van der Waals surface area contributed by atoms with E-state index >= 15 is 0 Å². The number of nitrogen functional groups attached to an aromatic ring is 1. The SMILES string of the molecule is Nc1ccc2nc(S(=O)(=O)CCc3ccccn3)sc2c1. The molecular formula is C14H13N3O2S2. The van der Waals surface area contributed by atoms with Gasteiger partial charge in [-0.15, -0.1) is 11.3 Å². The highest BCUT2D eigenvalue weighted by molar-refractivity contribution is 7.93. The van der Waals surface area contributed by atoms with Crippen molar-refractivity contribution in [1.82, 2.24) is 9.97 Å². The van der Waals surface area contributed by atoms with Gasteiger partial charge in [-0.3, -0.25) is 4.98 Å². The van der Waals surface area contributed by atoms with Gasteiger partial charge in [-0.1, -0.05) is 6.07 Å². The summed E-state index contributed by atoms with van der Waals surface area (Å²) in [5.41, 5.74) is 7.71. The number of nitrogens with zero attached hydrogens (tertiary/aromatic N) is 2. The summed E-state index contributed by atoms with van der Waals surface area (Å²) in [5, 5.41) is 0. The van der Waals surface area contributed by atoms with E-state index in [-0.39, 0.29) is 10.1 Å². The molecule has 3 aromatic rings. The fraction of sp³-hybridized carbons (Fsp3) is 0.143. The molecule has 3 rings (SSSR count). The van der Waals surface area contributed by atoms with Gasteiger partial charge < -0.3 is 5.73 Å². The van der Waals surface area contributed by atoms with E-state index in [1.807, 2.05) is 12.1 Å². The van der Waals surface area contributed by atoms with Crippen molar-refractivity contribution in [3.05, 3.63) is 48.3 Å². The zero-order chi connectivity index (χ0) is 14.9. The maximum absolute atomic E-state index is 12.3. The van der Waals surface area contributed by atoms with E-state index in [1.165, 1.54) is 0 Å². The number of thiazole rings is 1. The van der Waals surface area contributed by atoms with Crippen LogP contribution in [0.5, 0.6) is 0 Å². The monoisotopic (exact) mass is 319 g/mol.